The van der Waals surface area contributed by atoms with E-state index >= 15 is 0 Å². The molecule has 0 radical (unpaired) electrons. The quantitative estimate of drug-likeness (QED) is 0.160. The Labute approximate surface area is 277 Å². The van der Waals surface area contributed by atoms with Gasteiger partial charge < -0.3 is 4.57 Å². The number of benzene rings is 5. The van der Waals surface area contributed by atoms with Gasteiger partial charge in [-0.15, -0.1) is 0 Å². The molecule has 0 N–H and O–H groups in total. The topological polar surface area (TPSA) is 17.3 Å². The number of hydrogen-bond acceptors (Lipinski definition) is 1. The highest BCUT2D eigenvalue weighted by molar-refractivity contribution is 6.08. The standard InChI is InChI=1S/C45H40N2/c1-3-13-43(46-42(4-2)41-30-34-14-5-6-15-36(34)37-16-7-8-17-38(37)41)33-24-22-31(23-25-33)32-26-28-35(29-27-32)47-44-20-11-9-18-39(44)40-19-10-12-21-45(40)47/h4-5,7-12,14,16-28,30,35H,3,6,13,15,29H2,1-2H3/b42-4-,46-43?/t35-/m1/s1. The highest BCUT2D eigenvalue weighted by Gasteiger charge is 2.19. The molecule has 1 atom stereocenters. The van der Waals surface area contributed by atoms with Crippen molar-refractivity contribution < 1.29 is 0 Å². The van der Waals surface area contributed by atoms with Crippen LogP contribution in [0.5, 0.6) is 0 Å². The molecule has 0 aliphatic heterocycles. The van der Waals surface area contributed by atoms with E-state index in [1.165, 1.54) is 66.0 Å². The number of aryl methyl sites for hydroxylation is 1. The summed E-state index contributed by atoms with van der Waals surface area (Å²) in [6.07, 6.45) is 19.0. The predicted octanol–water partition coefficient (Wildman–Crippen LogP) is 12.1. The van der Waals surface area contributed by atoms with E-state index in [0.29, 0.717) is 6.04 Å². The monoisotopic (exact) mass is 608 g/mol. The molecule has 0 unspecified atom stereocenters. The Bertz CT molecular complexity index is 2230. The normalized spacial score (nSPS) is 16.6. The Hall–Kier alpha value is -5.21. The van der Waals surface area contributed by atoms with Crippen LogP contribution in [0.25, 0.3) is 49.9 Å². The molecule has 5 aromatic carbocycles. The molecular weight excluding hydrogens is 569 g/mol. The predicted molar refractivity (Wildman–Crippen MR) is 203 cm³/mol. The second kappa shape index (κ2) is 12.5. The molecule has 230 valence electrons. The van der Waals surface area contributed by atoms with Crippen LogP contribution in [0.2, 0.25) is 0 Å². The van der Waals surface area contributed by atoms with Crippen LogP contribution in [0.4, 0.5) is 0 Å². The molecule has 0 fully saturated rings. The largest absolute Gasteiger partial charge is 0.333 e. The summed E-state index contributed by atoms with van der Waals surface area (Å²) in [6.45, 7) is 4.35. The lowest BCUT2D eigenvalue weighted by Crippen LogP contribution is -2.08. The molecule has 0 saturated carbocycles. The van der Waals surface area contributed by atoms with Crippen LogP contribution in [0.3, 0.4) is 0 Å². The highest BCUT2D eigenvalue weighted by Crippen LogP contribution is 2.37. The third-order valence-electron chi connectivity index (χ3n) is 9.92. The number of allylic oxidation sites excluding steroid dienone is 6. The lowest BCUT2D eigenvalue weighted by molar-refractivity contribution is 0.649. The Morgan fingerprint density at radius 2 is 1.49 bits per heavy atom. The van der Waals surface area contributed by atoms with Crippen molar-refractivity contribution in [3.8, 4) is 0 Å². The van der Waals surface area contributed by atoms with Crippen molar-refractivity contribution >= 4 is 55.6 Å². The maximum absolute atomic E-state index is 5.38. The van der Waals surface area contributed by atoms with Crippen LogP contribution in [0.15, 0.2) is 139 Å². The minimum absolute atomic E-state index is 0.292. The summed E-state index contributed by atoms with van der Waals surface area (Å²) in [5, 5.41) is 5.29. The number of rotatable bonds is 7. The fraction of sp³-hybridized carbons (Fsp3) is 0.178. The number of aliphatic imine (C=N–C) groups is 1. The van der Waals surface area contributed by atoms with Gasteiger partial charge >= 0.3 is 0 Å². The van der Waals surface area contributed by atoms with Crippen molar-refractivity contribution in [3.05, 3.63) is 161 Å². The molecule has 47 heavy (non-hydrogen) atoms. The van der Waals surface area contributed by atoms with Crippen molar-refractivity contribution in [3.63, 3.8) is 0 Å². The smallest absolute Gasteiger partial charge is 0.0669 e. The van der Waals surface area contributed by atoms with Gasteiger partial charge in [-0.1, -0.05) is 135 Å². The Kier molecular flexibility index (Phi) is 7.79. The van der Waals surface area contributed by atoms with Crippen LogP contribution >= 0.6 is 0 Å². The lowest BCUT2D eigenvalue weighted by Gasteiger charge is -2.21. The van der Waals surface area contributed by atoms with E-state index in [0.717, 1.165) is 43.5 Å². The summed E-state index contributed by atoms with van der Waals surface area (Å²) in [4.78, 5) is 5.38. The lowest BCUT2D eigenvalue weighted by atomic mass is 9.88. The third kappa shape index (κ3) is 5.28. The first-order valence-corrected chi connectivity index (χ1v) is 17.2. The molecule has 1 heterocycles. The van der Waals surface area contributed by atoms with Gasteiger partial charge in [-0.05, 0) is 89.4 Å². The number of fused-ring (bicyclic) bond motifs is 6. The first kappa shape index (κ1) is 29.2. The van der Waals surface area contributed by atoms with E-state index in [4.69, 9.17) is 4.99 Å². The van der Waals surface area contributed by atoms with Gasteiger partial charge in [0.05, 0.1) is 11.7 Å². The minimum atomic E-state index is 0.292. The summed E-state index contributed by atoms with van der Waals surface area (Å²) >= 11 is 0. The Balaban J connectivity index is 1.08. The van der Waals surface area contributed by atoms with E-state index in [9.17, 15) is 0 Å². The van der Waals surface area contributed by atoms with Gasteiger partial charge in [0.15, 0.2) is 0 Å². The fourth-order valence-corrected chi connectivity index (χ4v) is 7.64. The zero-order valence-electron chi connectivity index (χ0n) is 27.3. The van der Waals surface area contributed by atoms with E-state index in [1.807, 2.05) is 0 Å². The number of para-hydroxylation sites is 2. The Morgan fingerprint density at radius 3 is 2.15 bits per heavy atom. The van der Waals surface area contributed by atoms with Crippen molar-refractivity contribution in [2.24, 2.45) is 4.99 Å². The van der Waals surface area contributed by atoms with E-state index in [2.05, 4.69) is 158 Å². The van der Waals surface area contributed by atoms with E-state index in [1.54, 1.807) is 0 Å². The molecule has 0 saturated heterocycles. The van der Waals surface area contributed by atoms with Crippen molar-refractivity contribution in [2.75, 3.05) is 0 Å². The summed E-state index contributed by atoms with van der Waals surface area (Å²) in [7, 11) is 0. The zero-order chi connectivity index (χ0) is 31.7. The average Bonchev–Trinajstić information content (AvgIpc) is 3.48. The van der Waals surface area contributed by atoms with Gasteiger partial charge in [0.1, 0.15) is 0 Å². The molecule has 8 rings (SSSR count). The van der Waals surface area contributed by atoms with E-state index < -0.39 is 0 Å². The Morgan fingerprint density at radius 1 is 0.809 bits per heavy atom. The van der Waals surface area contributed by atoms with Gasteiger partial charge in [0.2, 0.25) is 0 Å². The molecule has 2 aliphatic rings. The van der Waals surface area contributed by atoms with Crippen LogP contribution in [-0.4, -0.2) is 10.3 Å². The molecule has 2 aliphatic carbocycles. The van der Waals surface area contributed by atoms with Crippen LogP contribution < -0.4 is 0 Å². The molecule has 0 bridgehead atoms. The molecule has 6 aromatic rings. The van der Waals surface area contributed by atoms with Crippen molar-refractivity contribution in [1.29, 1.82) is 0 Å². The summed E-state index contributed by atoms with van der Waals surface area (Å²) < 4.78 is 2.51. The molecule has 1 aromatic heterocycles. The average molecular weight is 609 g/mol. The van der Waals surface area contributed by atoms with Crippen LogP contribution in [-0.2, 0) is 6.42 Å². The van der Waals surface area contributed by atoms with E-state index in [-0.39, 0.29) is 0 Å². The van der Waals surface area contributed by atoms with Gasteiger partial charge in [-0.3, -0.25) is 4.99 Å². The zero-order valence-corrected chi connectivity index (χ0v) is 27.3. The van der Waals surface area contributed by atoms with Crippen molar-refractivity contribution in [2.45, 2.75) is 52.0 Å². The minimum Gasteiger partial charge on any atom is -0.333 e. The molecular formula is C45H40N2. The SMILES string of the molecule is C/C=C(\N=C(CCC)c1ccc(C2=CC[C@H](n3c4ccccc4c4ccccc43)C=C2)cc1)c1cc2c(c3ccccc13)CCC=C2. The van der Waals surface area contributed by atoms with Gasteiger partial charge in [0, 0.05) is 33.1 Å². The maximum atomic E-state index is 5.38. The van der Waals surface area contributed by atoms with Crippen molar-refractivity contribution in [1.82, 2.24) is 4.57 Å². The highest BCUT2D eigenvalue weighted by atomic mass is 15.0. The number of hydrogen-bond donors (Lipinski definition) is 0. The first-order valence-electron chi connectivity index (χ1n) is 17.2. The number of nitrogens with zero attached hydrogens (tertiary/aromatic N) is 2. The second-order valence-electron chi connectivity index (χ2n) is 12.8. The molecule has 0 amide bonds. The summed E-state index contributed by atoms with van der Waals surface area (Å²) in [5.74, 6) is 0. The molecule has 2 heteroatoms. The van der Waals surface area contributed by atoms with Gasteiger partial charge in [-0.2, -0.15) is 0 Å². The maximum Gasteiger partial charge on any atom is 0.0669 e. The molecule has 0 spiro atoms. The van der Waals surface area contributed by atoms with Gasteiger partial charge in [-0.25, -0.2) is 0 Å². The van der Waals surface area contributed by atoms with Crippen LogP contribution in [0.1, 0.15) is 73.4 Å². The summed E-state index contributed by atoms with van der Waals surface area (Å²) in [6, 6.07) is 38.1. The molecule has 2 nitrogen and oxygen atoms in total. The van der Waals surface area contributed by atoms with Gasteiger partial charge in [0.25, 0.3) is 0 Å². The third-order valence-corrected chi connectivity index (χ3v) is 9.92. The number of aromatic nitrogens is 1. The fourth-order valence-electron chi connectivity index (χ4n) is 7.64. The summed E-state index contributed by atoms with van der Waals surface area (Å²) in [5.41, 5.74) is 12.5. The van der Waals surface area contributed by atoms with Crippen LogP contribution in [0, 0.1) is 0 Å². The second-order valence-corrected chi connectivity index (χ2v) is 12.8. The first-order chi connectivity index (χ1) is 23.2.